The van der Waals surface area contributed by atoms with Crippen LogP contribution in [0.5, 0.6) is 0 Å². The van der Waals surface area contributed by atoms with E-state index < -0.39 is 22.8 Å². The summed E-state index contributed by atoms with van der Waals surface area (Å²) in [5, 5.41) is 22.1. The van der Waals surface area contributed by atoms with E-state index in [0.29, 0.717) is 18.2 Å². The van der Waals surface area contributed by atoms with Crippen LogP contribution in [-0.4, -0.2) is 37.5 Å². The largest absolute Gasteiger partial charge is 0.480 e. The van der Waals surface area contributed by atoms with Gasteiger partial charge in [0.1, 0.15) is 18.8 Å². The van der Waals surface area contributed by atoms with E-state index in [9.17, 15) is 19.7 Å². The van der Waals surface area contributed by atoms with Crippen LogP contribution in [0.2, 0.25) is 0 Å². The van der Waals surface area contributed by atoms with E-state index in [1.54, 1.807) is 6.92 Å². The second-order valence-corrected chi connectivity index (χ2v) is 5.17. The monoisotopic (exact) mass is 296 g/mol. The Bertz CT molecular complexity index is 578. The number of nitrogens with zero attached hydrogens (tertiary/aromatic N) is 3. The molecule has 1 aromatic heterocycles. The molecule has 21 heavy (non-hydrogen) atoms. The number of carboxylic acids is 1. The first-order chi connectivity index (χ1) is 9.86. The second kappa shape index (κ2) is 5.90. The molecule has 1 aromatic rings. The van der Waals surface area contributed by atoms with Crippen molar-refractivity contribution in [1.82, 2.24) is 14.9 Å². The molecule has 1 aliphatic carbocycles. The van der Waals surface area contributed by atoms with Gasteiger partial charge in [-0.3, -0.25) is 9.36 Å². The van der Waals surface area contributed by atoms with Gasteiger partial charge in [0.2, 0.25) is 11.7 Å². The zero-order valence-electron chi connectivity index (χ0n) is 11.5. The fraction of sp³-hybridized carbons (Fsp3) is 0.583. The lowest BCUT2D eigenvalue weighted by atomic mass is 10.1. The van der Waals surface area contributed by atoms with Crippen molar-refractivity contribution in [1.29, 1.82) is 0 Å². The van der Waals surface area contributed by atoms with Crippen LogP contribution >= 0.6 is 0 Å². The number of imidazole rings is 1. The van der Waals surface area contributed by atoms with E-state index in [4.69, 9.17) is 5.11 Å². The van der Waals surface area contributed by atoms with Gasteiger partial charge in [-0.05, 0) is 22.2 Å². The fourth-order valence-corrected chi connectivity index (χ4v) is 2.04. The van der Waals surface area contributed by atoms with Crippen molar-refractivity contribution >= 4 is 17.7 Å². The smallest absolute Gasteiger partial charge is 0.381 e. The molecule has 0 aromatic carbocycles. The van der Waals surface area contributed by atoms with Crippen molar-refractivity contribution in [2.45, 2.75) is 38.8 Å². The van der Waals surface area contributed by atoms with Gasteiger partial charge in [-0.25, -0.2) is 4.79 Å². The highest BCUT2D eigenvalue weighted by Crippen LogP contribution is 2.33. The molecule has 0 spiro atoms. The lowest BCUT2D eigenvalue weighted by molar-refractivity contribution is -0.389. The van der Waals surface area contributed by atoms with Gasteiger partial charge in [-0.1, -0.05) is 12.8 Å². The Morgan fingerprint density at radius 2 is 2.29 bits per heavy atom. The molecule has 1 aliphatic rings. The number of aryl methyl sites for hydroxylation is 1. The highest BCUT2D eigenvalue weighted by Gasteiger charge is 2.30. The van der Waals surface area contributed by atoms with Crippen LogP contribution in [0.15, 0.2) is 6.20 Å². The highest BCUT2D eigenvalue weighted by atomic mass is 16.6. The molecule has 0 bridgehead atoms. The number of carbonyl (C=O) groups is 2. The Kier molecular flexibility index (Phi) is 4.20. The van der Waals surface area contributed by atoms with Crippen LogP contribution in [0.25, 0.3) is 0 Å². The Morgan fingerprint density at radius 3 is 2.76 bits per heavy atom. The van der Waals surface area contributed by atoms with Crippen LogP contribution in [-0.2, 0) is 16.1 Å². The summed E-state index contributed by atoms with van der Waals surface area (Å²) in [5.41, 5.74) is 0. The van der Waals surface area contributed by atoms with Crippen LogP contribution in [0.4, 0.5) is 5.82 Å². The summed E-state index contributed by atoms with van der Waals surface area (Å²) in [6.45, 7) is 1.35. The van der Waals surface area contributed by atoms with Gasteiger partial charge in [0.25, 0.3) is 0 Å². The molecule has 9 nitrogen and oxygen atoms in total. The van der Waals surface area contributed by atoms with E-state index in [1.165, 1.54) is 4.57 Å². The van der Waals surface area contributed by atoms with Crippen LogP contribution in [0, 0.1) is 23.0 Å². The molecule has 2 N–H and O–H groups in total. The normalized spacial score (nSPS) is 15.5. The van der Waals surface area contributed by atoms with Gasteiger partial charge in [-0.15, -0.1) is 0 Å². The first kappa shape index (κ1) is 14.9. The lowest BCUT2D eigenvalue weighted by Crippen LogP contribution is -2.42. The third kappa shape index (κ3) is 4.01. The molecule has 1 amide bonds. The number of aromatic nitrogens is 2. The molecule has 1 unspecified atom stereocenters. The topological polar surface area (TPSA) is 127 Å². The molecule has 9 heteroatoms. The maximum atomic E-state index is 11.9. The first-order valence-electron chi connectivity index (χ1n) is 6.57. The minimum absolute atomic E-state index is 0.193. The van der Waals surface area contributed by atoms with Gasteiger partial charge < -0.3 is 20.5 Å². The zero-order chi connectivity index (χ0) is 15.6. The number of hydrogen-bond donors (Lipinski definition) is 2. The Morgan fingerprint density at radius 1 is 1.62 bits per heavy atom. The third-order valence-electron chi connectivity index (χ3n) is 3.36. The number of rotatable bonds is 7. The summed E-state index contributed by atoms with van der Waals surface area (Å²) in [5.74, 6) is -1.22. The predicted molar refractivity (Wildman–Crippen MR) is 70.5 cm³/mol. The van der Waals surface area contributed by atoms with Crippen LogP contribution < -0.4 is 5.32 Å². The number of nitrogens with one attached hydrogen (secondary N) is 1. The van der Waals surface area contributed by atoms with E-state index in [2.05, 4.69) is 10.3 Å². The summed E-state index contributed by atoms with van der Waals surface area (Å²) < 4.78 is 1.32. The number of carbonyl (C=O) groups excluding carboxylic acids is 1. The molecule has 0 radical (unpaired) electrons. The summed E-state index contributed by atoms with van der Waals surface area (Å²) in [6.07, 6.45) is 3.56. The summed E-state index contributed by atoms with van der Waals surface area (Å²) in [6, 6.07) is -0.913. The van der Waals surface area contributed by atoms with E-state index >= 15 is 0 Å². The lowest BCUT2D eigenvalue weighted by Gasteiger charge is -2.14. The molecule has 1 fully saturated rings. The van der Waals surface area contributed by atoms with E-state index in [1.807, 2.05) is 0 Å². The summed E-state index contributed by atoms with van der Waals surface area (Å²) in [7, 11) is 0. The van der Waals surface area contributed by atoms with Gasteiger partial charge in [0.15, 0.2) is 0 Å². The summed E-state index contributed by atoms with van der Waals surface area (Å²) in [4.78, 5) is 36.6. The molecule has 1 saturated carbocycles. The summed E-state index contributed by atoms with van der Waals surface area (Å²) >= 11 is 0. The average Bonchev–Trinajstić information content (AvgIpc) is 3.12. The zero-order valence-corrected chi connectivity index (χ0v) is 11.5. The van der Waals surface area contributed by atoms with Crippen LogP contribution in [0.3, 0.4) is 0 Å². The molecule has 1 heterocycles. The van der Waals surface area contributed by atoms with E-state index in [-0.39, 0.29) is 12.4 Å². The van der Waals surface area contributed by atoms with E-state index in [0.717, 1.165) is 19.0 Å². The Balaban J connectivity index is 1.96. The standard InChI is InChI=1S/C12H16N4O5/c1-7-13-10(16(20)21)5-15(7)6-11(17)14-9(12(18)19)4-8-2-3-8/h5,8-9H,2-4,6H2,1H3,(H,14,17)(H,18,19). The highest BCUT2D eigenvalue weighted by molar-refractivity contribution is 5.83. The van der Waals surface area contributed by atoms with Crippen LogP contribution in [0.1, 0.15) is 25.1 Å². The minimum atomic E-state index is -1.07. The molecule has 0 saturated heterocycles. The van der Waals surface area contributed by atoms with Gasteiger partial charge in [-0.2, -0.15) is 0 Å². The van der Waals surface area contributed by atoms with Crippen molar-refractivity contribution in [2.24, 2.45) is 5.92 Å². The number of aliphatic carboxylic acids is 1. The maximum absolute atomic E-state index is 11.9. The van der Waals surface area contributed by atoms with Crippen molar-refractivity contribution in [3.05, 3.63) is 22.1 Å². The third-order valence-corrected chi connectivity index (χ3v) is 3.36. The number of nitro groups is 1. The SMILES string of the molecule is Cc1nc([N+](=O)[O-])cn1CC(=O)NC(CC1CC1)C(=O)O. The van der Waals surface area contributed by atoms with Gasteiger partial charge >= 0.3 is 11.8 Å². The van der Waals surface area contributed by atoms with Gasteiger partial charge in [0, 0.05) is 6.92 Å². The van der Waals surface area contributed by atoms with Gasteiger partial charge in [0.05, 0.1) is 0 Å². The van der Waals surface area contributed by atoms with Crippen molar-refractivity contribution in [2.75, 3.05) is 0 Å². The molecule has 0 aliphatic heterocycles. The number of carboxylic acid groups (broad SMARTS) is 1. The Hall–Kier alpha value is -2.45. The van der Waals surface area contributed by atoms with Crippen molar-refractivity contribution in [3.63, 3.8) is 0 Å². The molecule has 1 atom stereocenters. The predicted octanol–water partition coefficient (Wildman–Crippen LogP) is 0.469. The quantitative estimate of drug-likeness (QED) is 0.556. The average molecular weight is 296 g/mol. The maximum Gasteiger partial charge on any atom is 0.381 e. The Labute approximate surface area is 120 Å². The first-order valence-corrected chi connectivity index (χ1v) is 6.57. The molecular weight excluding hydrogens is 280 g/mol. The fourth-order valence-electron chi connectivity index (χ4n) is 2.04. The molecule has 114 valence electrons. The van der Waals surface area contributed by atoms with Crippen molar-refractivity contribution in [3.8, 4) is 0 Å². The second-order valence-electron chi connectivity index (χ2n) is 5.17. The number of amides is 1. The molecular formula is C12H16N4O5. The minimum Gasteiger partial charge on any atom is -0.480 e. The molecule has 2 rings (SSSR count). The number of hydrogen-bond acceptors (Lipinski definition) is 5. The van der Waals surface area contributed by atoms with Crippen molar-refractivity contribution < 1.29 is 19.6 Å².